The lowest BCUT2D eigenvalue weighted by Crippen LogP contribution is -2.12. The Kier molecular flexibility index (Phi) is 2.76. The molecule has 4 heteroatoms. The summed E-state index contributed by atoms with van der Waals surface area (Å²) in [5.41, 5.74) is 0.559. The third-order valence-electron chi connectivity index (χ3n) is 1.28. The van der Waals surface area contributed by atoms with E-state index >= 15 is 0 Å². The molecule has 0 fully saturated rings. The van der Waals surface area contributed by atoms with Gasteiger partial charge in [-0.3, -0.25) is 4.79 Å². The Balaban J connectivity index is 2.57. The number of aliphatic hydroxyl groups excluding tert-OH is 1. The molecule has 1 aromatic heterocycles. The average molecular weight is 167 g/mol. The van der Waals surface area contributed by atoms with Crippen molar-refractivity contribution >= 4 is 11.9 Å². The molecule has 0 unspecified atom stereocenters. The first-order chi connectivity index (χ1) is 5.70. The van der Waals surface area contributed by atoms with Gasteiger partial charge in [0.25, 0.3) is 0 Å². The van der Waals surface area contributed by atoms with Crippen LogP contribution < -0.4 is 0 Å². The molecule has 0 aliphatic carbocycles. The molecule has 0 amide bonds. The molecule has 0 aliphatic rings. The summed E-state index contributed by atoms with van der Waals surface area (Å²) >= 11 is 0. The molecule has 1 N–H and O–H groups in total. The Hall–Kier alpha value is -1.42. The molecule has 12 heavy (non-hydrogen) atoms. The summed E-state index contributed by atoms with van der Waals surface area (Å²) in [4.78, 5) is 14.6. The van der Waals surface area contributed by atoms with Crippen LogP contribution in [0.4, 0.5) is 0 Å². The quantitative estimate of drug-likeness (QED) is 0.671. The van der Waals surface area contributed by atoms with Crippen molar-refractivity contribution in [2.45, 2.75) is 13.0 Å². The number of ketones is 1. The van der Waals surface area contributed by atoms with Gasteiger partial charge in [-0.1, -0.05) is 0 Å². The van der Waals surface area contributed by atoms with E-state index in [1.165, 1.54) is 31.7 Å². The Bertz CT molecular complexity index is 275. The van der Waals surface area contributed by atoms with Gasteiger partial charge in [-0.15, -0.1) is 0 Å². The van der Waals surface area contributed by atoms with Crippen LogP contribution in [0.25, 0.3) is 6.08 Å². The number of nitrogens with zero attached hydrogens (tertiary/aromatic N) is 1. The van der Waals surface area contributed by atoms with E-state index in [1.54, 1.807) is 0 Å². The van der Waals surface area contributed by atoms with Crippen LogP contribution in [0.5, 0.6) is 0 Å². The van der Waals surface area contributed by atoms with Crippen LogP contribution in [-0.4, -0.2) is 22.0 Å². The molecule has 0 saturated carbocycles. The molecular weight excluding hydrogens is 158 g/mol. The highest BCUT2D eigenvalue weighted by atomic mass is 16.3. The first kappa shape index (κ1) is 8.67. The van der Waals surface area contributed by atoms with Crippen LogP contribution in [0.2, 0.25) is 0 Å². The van der Waals surface area contributed by atoms with Gasteiger partial charge in [0.2, 0.25) is 0 Å². The molecule has 0 aliphatic heterocycles. The lowest BCUT2D eigenvalue weighted by molar-refractivity contribution is -0.121. The molecule has 0 bridgehead atoms. The van der Waals surface area contributed by atoms with Crippen LogP contribution >= 0.6 is 0 Å². The fourth-order valence-corrected chi connectivity index (χ4v) is 0.611. The standard InChI is InChI=1S/C8H9NO3/c1-6(10)8(11)3-2-7-4-12-5-9-7/h2-6,10H,1H3/b3-2+/t6-/m0/s1. The van der Waals surface area contributed by atoms with E-state index in [1.807, 2.05) is 0 Å². The van der Waals surface area contributed by atoms with Crippen molar-refractivity contribution in [1.82, 2.24) is 4.98 Å². The highest BCUT2D eigenvalue weighted by Crippen LogP contribution is 1.98. The van der Waals surface area contributed by atoms with Crippen molar-refractivity contribution in [2.24, 2.45) is 0 Å². The molecule has 1 atom stereocenters. The topological polar surface area (TPSA) is 63.3 Å². The number of aliphatic hydroxyl groups is 1. The molecule has 64 valence electrons. The van der Waals surface area contributed by atoms with Crippen LogP contribution in [0, 0.1) is 0 Å². The van der Waals surface area contributed by atoms with Gasteiger partial charge in [0, 0.05) is 0 Å². The van der Waals surface area contributed by atoms with E-state index in [0.717, 1.165) is 0 Å². The predicted molar refractivity (Wildman–Crippen MR) is 42.2 cm³/mol. The Morgan fingerprint density at radius 2 is 2.58 bits per heavy atom. The fraction of sp³-hybridized carbons (Fsp3) is 0.250. The smallest absolute Gasteiger partial charge is 0.183 e. The minimum Gasteiger partial charge on any atom is -0.451 e. The van der Waals surface area contributed by atoms with Crippen molar-refractivity contribution in [3.63, 3.8) is 0 Å². The molecular formula is C8H9NO3. The zero-order chi connectivity index (χ0) is 8.97. The summed E-state index contributed by atoms with van der Waals surface area (Å²) < 4.78 is 4.67. The van der Waals surface area contributed by atoms with Gasteiger partial charge in [-0.2, -0.15) is 0 Å². The molecule has 0 saturated heterocycles. The molecule has 1 rings (SSSR count). The second-order valence-electron chi connectivity index (χ2n) is 2.32. The minimum absolute atomic E-state index is 0.349. The number of hydrogen-bond donors (Lipinski definition) is 1. The third-order valence-corrected chi connectivity index (χ3v) is 1.28. The van der Waals surface area contributed by atoms with Crippen LogP contribution in [0.3, 0.4) is 0 Å². The second-order valence-corrected chi connectivity index (χ2v) is 2.32. The highest BCUT2D eigenvalue weighted by Gasteiger charge is 2.03. The zero-order valence-corrected chi connectivity index (χ0v) is 6.60. The molecule has 4 nitrogen and oxygen atoms in total. The maximum Gasteiger partial charge on any atom is 0.183 e. The van der Waals surface area contributed by atoms with Crippen LogP contribution in [0.1, 0.15) is 12.6 Å². The summed E-state index contributed by atoms with van der Waals surface area (Å²) in [6, 6.07) is 0. The lowest BCUT2D eigenvalue weighted by Gasteiger charge is -1.94. The highest BCUT2D eigenvalue weighted by molar-refractivity contribution is 5.96. The maximum absolute atomic E-state index is 10.8. The summed E-state index contributed by atoms with van der Waals surface area (Å²) in [5.74, 6) is -0.349. The van der Waals surface area contributed by atoms with E-state index in [4.69, 9.17) is 5.11 Å². The predicted octanol–water partition coefficient (Wildman–Crippen LogP) is 0.638. The normalized spacial score (nSPS) is 13.5. The van der Waals surface area contributed by atoms with E-state index in [-0.39, 0.29) is 5.78 Å². The Labute approximate surface area is 69.5 Å². The van der Waals surface area contributed by atoms with E-state index < -0.39 is 6.10 Å². The fourth-order valence-electron chi connectivity index (χ4n) is 0.611. The Morgan fingerprint density at radius 3 is 3.08 bits per heavy atom. The first-order valence-electron chi connectivity index (χ1n) is 3.48. The largest absolute Gasteiger partial charge is 0.451 e. The van der Waals surface area contributed by atoms with Gasteiger partial charge in [0.15, 0.2) is 12.2 Å². The summed E-state index contributed by atoms with van der Waals surface area (Å²) in [5, 5.41) is 8.80. The van der Waals surface area contributed by atoms with Crippen molar-refractivity contribution in [3.05, 3.63) is 24.4 Å². The first-order valence-corrected chi connectivity index (χ1v) is 3.48. The molecule has 0 radical (unpaired) electrons. The van der Waals surface area contributed by atoms with E-state index in [0.29, 0.717) is 5.69 Å². The molecule has 1 aromatic rings. The average Bonchev–Trinajstić information content (AvgIpc) is 2.51. The summed E-state index contributed by atoms with van der Waals surface area (Å²) in [7, 11) is 0. The van der Waals surface area contributed by atoms with Gasteiger partial charge in [-0.25, -0.2) is 4.98 Å². The summed E-state index contributed by atoms with van der Waals surface area (Å²) in [6.45, 7) is 1.41. The van der Waals surface area contributed by atoms with Crippen molar-refractivity contribution in [1.29, 1.82) is 0 Å². The molecule has 0 spiro atoms. The van der Waals surface area contributed by atoms with Crippen molar-refractivity contribution in [3.8, 4) is 0 Å². The SMILES string of the molecule is C[C@H](O)C(=O)/C=C/c1cocn1. The molecule has 0 aromatic carbocycles. The Morgan fingerprint density at radius 1 is 1.83 bits per heavy atom. The summed E-state index contributed by atoms with van der Waals surface area (Å²) in [6.07, 6.45) is 4.47. The van der Waals surface area contributed by atoms with Gasteiger partial charge >= 0.3 is 0 Å². The zero-order valence-electron chi connectivity index (χ0n) is 6.60. The minimum atomic E-state index is -0.965. The number of carbonyl (C=O) groups excluding carboxylic acids is 1. The number of carbonyl (C=O) groups is 1. The monoisotopic (exact) mass is 167 g/mol. The number of oxazole rings is 1. The van der Waals surface area contributed by atoms with E-state index in [9.17, 15) is 4.79 Å². The number of aromatic nitrogens is 1. The van der Waals surface area contributed by atoms with Crippen LogP contribution in [0.15, 0.2) is 23.1 Å². The lowest BCUT2D eigenvalue weighted by atomic mass is 10.2. The van der Waals surface area contributed by atoms with Gasteiger partial charge in [0.1, 0.15) is 18.1 Å². The van der Waals surface area contributed by atoms with Crippen LogP contribution in [-0.2, 0) is 4.79 Å². The number of hydrogen-bond acceptors (Lipinski definition) is 4. The van der Waals surface area contributed by atoms with Gasteiger partial charge < -0.3 is 9.52 Å². The van der Waals surface area contributed by atoms with Crippen molar-refractivity contribution < 1.29 is 14.3 Å². The molecule has 1 heterocycles. The maximum atomic E-state index is 10.8. The number of rotatable bonds is 3. The van der Waals surface area contributed by atoms with Gasteiger partial charge in [0.05, 0.1) is 0 Å². The van der Waals surface area contributed by atoms with Crippen molar-refractivity contribution in [2.75, 3.05) is 0 Å². The van der Waals surface area contributed by atoms with Gasteiger partial charge in [-0.05, 0) is 19.1 Å². The third kappa shape index (κ3) is 2.32. The second kappa shape index (κ2) is 3.82. The van der Waals surface area contributed by atoms with E-state index in [2.05, 4.69) is 9.40 Å².